The summed E-state index contributed by atoms with van der Waals surface area (Å²) in [4.78, 5) is 2.21. The van der Waals surface area contributed by atoms with Crippen molar-refractivity contribution >= 4 is 0 Å². The van der Waals surface area contributed by atoms with Crippen LogP contribution in [0, 0.1) is 0 Å². The Hall–Kier alpha value is -1.32. The van der Waals surface area contributed by atoms with Gasteiger partial charge in [0.05, 0.1) is 12.7 Å². The summed E-state index contributed by atoms with van der Waals surface area (Å²) in [6.07, 6.45) is 1.59. The van der Waals surface area contributed by atoms with Gasteiger partial charge in [0.1, 0.15) is 5.75 Å². The van der Waals surface area contributed by atoms with Crippen LogP contribution in [0.25, 0.3) is 0 Å². The maximum atomic E-state index is 10.2. The van der Waals surface area contributed by atoms with Gasteiger partial charge in [0.25, 0.3) is 0 Å². The molecule has 0 saturated heterocycles. The average Bonchev–Trinajstić information content (AvgIpc) is 2.38. The highest BCUT2D eigenvalue weighted by molar-refractivity contribution is 5.33. The highest BCUT2D eigenvalue weighted by atomic mass is 16.5. The molecule has 1 aromatic carbocycles. The predicted octanol–water partition coefficient (Wildman–Crippen LogP) is 2.84. The fourth-order valence-electron chi connectivity index (χ4n) is 1.95. The van der Waals surface area contributed by atoms with E-state index in [0.717, 1.165) is 17.9 Å². The van der Waals surface area contributed by atoms with E-state index >= 15 is 0 Å². The number of rotatable bonds is 7. The van der Waals surface area contributed by atoms with Crippen LogP contribution in [-0.4, -0.2) is 35.3 Å². The molecule has 1 unspecified atom stereocenters. The molecule has 0 spiro atoms. The molecule has 1 rings (SSSR count). The molecular weight excluding hydrogens is 238 g/mol. The van der Waals surface area contributed by atoms with Gasteiger partial charge in [-0.25, -0.2) is 0 Å². The summed E-state index contributed by atoms with van der Waals surface area (Å²) in [6.45, 7) is 11.0. The third-order valence-corrected chi connectivity index (χ3v) is 3.26. The molecule has 0 fully saturated rings. The molecule has 3 heteroatoms. The quantitative estimate of drug-likeness (QED) is 0.768. The van der Waals surface area contributed by atoms with E-state index in [1.807, 2.05) is 18.2 Å². The molecule has 0 aliphatic heterocycles. The average molecular weight is 263 g/mol. The summed E-state index contributed by atoms with van der Waals surface area (Å²) < 4.78 is 5.37. The van der Waals surface area contributed by atoms with Gasteiger partial charge < -0.3 is 9.84 Å². The molecule has 3 nitrogen and oxygen atoms in total. The van der Waals surface area contributed by atoms with Crippen molar-refractivity contribution < 1.29 is 9.84 Å². The van der Waals surface area contributed by atoms with E-state index < -0.39 is 5.60 Å². The Morgan fingerprint density at radius 2 is 2.05 bits per heavy atom. The van der Waals surface area contributed by atoms with Crippen molar-refractivity contribution in [1.29, 1.82) is 0 Å². The molecule has 0 aromatic heterocycles. The first-order valence-corrected chi connectivity index (χ1v) is 6.61. The lowest BCUT2D eigenvalue weighted by atomic mass is 10.0. The van der Waals surface area contributed by atoms with Crippen molar-refractivity contribution in [2.45, 2.75) is 39.0 Å². The van der Waals surface area contributed by atoms with Crippen LogP contribution in [0.15, 0.2) is 36.9 Å². The highest BCUT2D eigenvalue weighted by Gasteiger charge is 2.22. The van der Waals surface area contributed by atoms with E-state index in [-0.39, 0.29) is 0 Å². The molecule has 0 radical (unpaired) electrons. The number of para-hydroxylation sites is 1. The predicted molar refractivity (Wildman–Crippen MR) is 79.4 cm³/mol. The zero-order valence-corrected chi connectivity index (χ0v) is 12.4. The molecule has 0 saturated carbocycles. The Morgan fingerprint density at radius 3 is 2.58 bits per heavy atom. The van der Waals surface area contributed by atoms with Crippen molar-refractivity contribution in [2.75, 3.05) is 13.7 Å². The van der Waals surface area contributed by atoms with Gasteiger partial charge in [0, 0.05) is 24.7 Å². The second-order valence-corrected chi connectivity index (χ2v) is 5.37. The van der Waals surface area contributed by atoms with E-state index in [0.29, 0.717) is 12.6 Å². The largest absolute Gasteiger partial charge is 0.496 e. The zero-order valence-electron chi connectivity index (χ0n) is 12.4. The first kappa shape index (κ1) is 15.7. The Kier molecular flexibility index (Phi) is 5.58. The van der Waals surface area contributed by atoms with Crippen molar-refractivity contribution in [1.82, 2.24) is 4.90 Å². The maximum absolute atomic E-state index is 10.2. The van der Waals surface area contributed by atoms with Crippen LogP contribution in [0.2, 0.25) is 0 Å². The fraction of sp³-hybridized carbons (Fsp3) is 0.500. The normalized spacial score (nSPS) is 14.5. The molecule has 1 aromatic rings. The van der Waals surface area contributed by atoms with E-state index in [4.69, 9.17) is 4.74 Å². The van der Waals surface area contributed by atoms with Gasteiger partial charge in [-0.05, 0) is 26.8 Å². The summed E-state index contributed by atoms with van der Waals surface area (Å²) >= 11 is 0. The van der Waals surface area contributed by atoms with Crippen LogP contribution in [0.4, 0.5) is 0 Å². The third kappa shape index (κ3) is 4.69. The van der Waals surface area contributed by atoms with Gasteiger partial charge in [0.2, 0.25) is 0 Å². The van der Waals surface area contributed by atoms with E-state index in [1.54, 1.807) is 20.1 Å². The first-order chi connectivity index (χ1) is 8.89. The number of hydrogen-bond acceptors (Lipinski definition) is 3. The van der Waals surface area contributed by atoms with Crippen molar-refractivity contribution in [2.24, 2.45) is 0 Å². The topological polar surface area (TPSA) is 32.7 Å². The molecular formula is C16H25NO2. The minimum atomic E-state index is -0.883. The standard InChI is InChI=1S/C16H25NO2/c1-6-16(4,18)12-17(13(2)3)11-14-9-7-8-10-15(14)19-5/h6-10,13,18H,1,11-12H2,2-5H3. The Morgan fingerprint density at radius 1 is 1.42 bits per heavy atom. The number of aliphatic hydroxyl groups is 1. The summed E-state index contributed by atoms with van der Waals surface area (Å²) in [7, 11) is 1.68. The van der Waals surface area contributed by atoms with Crippen LogP contribution >= 0.6 is 0 Å². The summed E-state index contributed by atoms with van der Waals surface area (Å²) in [5, 5.41) is 10.2. The number of benzene rings is 1. The van der Waals surface area contributed by atoms with Crippen LogP contribution in [0.1, 0.15) is 26.3 Å². The third-order valence-electron chi connectivity index (χ3n) is 3.26. The number of ether oxygens (including phenoxy) is 1. The van der Waals surface area contributed by atoms with Gasteiger partial charge in [0.15, 0.2) is 0 Å². The highest BCUT2D eigenvalue weighted by Crippen LogP contribution is 2.21. The van der Waals surface area contributed by atoms with Crippen LogP contribution in [0.3, 0.4) is 0 Å². The zero-order chi connectivity index (χ0) is 14.5. The lowest BCUT2D eigenvalue weighted by Crippen LogP contribution is -2.42. The summed E-state index contributed by atoms with van der Waals surface area (Å²) in [6, 6.07) is 8.30. The molecule has 106 valence electrons. The second kappa shape index (κ2) is 6.73. The van der Waals surface area contributed by atoms with Crippen LogP contribution < -0.4 is 4.74 Å². The van der Waals surface area contributed by atoms with Gasteiger partial charge in [-0.15, -0.1) is 6.58 Å². The summed E-state index contributed by atoms with van der Waals surface area (Å²) in [5.41, 5.74) is 0.241. The minimum Gasteiger partial charge on any atom is -0.496 e. The van der Waals surface area contributed by atoms with E-state index in [2.05, 4.69) is 31.4 Å². The SMILES string of the molecule is C=CC(C)(O)CN(Cc1ccccc1OC)C(C)C. The van der Waals surface area contributed by atoms with Crippen molar-refractivity contribution in [3.05, 3.63) is 42.5 Å². The minimum absolute atomic E-state index is 0.330. The molecule has 1 N–H and O–H groups in total. The molecule has 0 heterocycles. The van der Waals surface area contributed by atoms with E-state index in [1.165, 1.54) is 0 Å². The fourth-order valence-corrected chi connectivity index (χ4v) is 1.95. The Labute approximate surface area is 116 Å². The lowest BCUT2D eigenvalue weighted by Gasteiger charge is -2.32. The molecule has 0 aliphatic rings. The second-order valence-electron chi connectivity index (χ2n) is 5.37. The molecule has 0 amide bonds. The number of hydrogen-bond donors (Lipinski definition) is 1. The van der Waals surface area contributed by atoms with Crippen molar-refractivity contribution in [3.8, 4) is 5.75 Å². The Bertz CT molecular complexity index is 413. The lowest BCUT2D eigenvalue weighted by molar-refractivity contribution is 0.0455. The molecule has 1 atom stereocenters. The van der Waals surface area contributed by atoms with Crippen LogP contribution in [0.5, 0.6) is 5.75 Å². The number of nitrogens with zero attached hydrogens (tertiary/aromatic N) is 1. The van der Waals surface area contributed by atoms with Gasteiger partial charge >= 0.3 is 0 Å². The first-order valence-electron chi connectivity index (χ1n) is 6.61. The van der Waals surface area contributed by atoms with Gasteiger partial charge in [-0.3, -0.25) is 4.90 Å². The molecule has 19 heavy (non-hydrogen) atoms. The van der Waals surface area contributed by atoms with E-state index in [9.17, 15) is 5.11 Å². The summed E-state index contributed by atoms with van der Waals surface area (Å²) in [5.74, 6) is 0.881. The number of methoxy groups -OCH3 is 1. The van der Waals surface area contributed by atoms with Crippen molar-refractivity contribution in [3.63, 3.8) is 0 Å². The molecule has 0 bridgehead atoms. The van der Waals surface area contributed by atoms with Crippen LogP contribution in [-0.2, 0) is 6.54 Å². The maximum Gasteiger partial charge on any atom is 0.123 e. The molecule has 0 aliphatic carbocycles. The van der Waals surface area contributed by atoms with Gasteiger partial charge in [-0.2, -0.15) is 0 Å². The monoisotopic (exact) mass is 263 g/mol. The smallest absolute Gasteiger partial charge is 0.123 e. The van der Waals surface area contributed by atoms with Gasteiger partial charge in [-0.1, -0.05) is 24.3 Å². The Balaban J connectivity index is 2.87.